The van der Waals surface area contributed by atoms with Crippen LogP contribution in [0.2, 0.25) is 0 Å². The third kappa shape index (κ3) is 4.79. The Morgan fingerprint density at radius 1 is 0.941 bits per heavy atom. The molecule has 0 spiro atoms. The highest BCUT2D eigenvalue weighted by atomic mass is 16.5. The van der Waals surface area contributed by atoms with Crippen molar-refractivity contribution in [2.75, 3.05) is 13.2 Å². The van der Waals surface area contributed by atoms with Gasteiger partial charge in [0.15, 0.2) is 0 Å². The smallest absolute Gasteiger partial charge is 0.407 e. The number of nitrogens with one attached hydrogen (secondary N) is 2. The molecular weight excluding hydrogens is 432 g/mol. The molecule has 178 valence electrons. The number of carboxylic acids is 1. The Balaban J connectivity index is 1.06. The highest BCUT2D eigenvalue weighted by Crippen LogP contribution is 2.44. The van der Waals surface area contributed by atoms with Crippen LogP contribution in [0.3, 0.4) is 0 Å². The largest absolute Gasteiger partial charge is 0.481 e. The minimum absolute atomic E-state index is 0.00766. The van der Waals surface area contributed by atoms with Gasteiger partial charge in [-0.05, 0) is 59.8 Å². The van der Waals surface area contributed by atoms with Gasteiger partial charge in [-0.3, -0.25) is 9.59 Å². The molecule has 3 N–H and O–H groups in total. The Morgan fingerprint density at radius 2 is 1.62 bits per heavy atom. The van der Waals surface area contributed by atoms with Gasteiger partial charge in [0.1, 0.15) is 6.61 Å². The van der Waals surface area contributed by atoms with Crippen molar-refractivity contribution in [3.63, 3.8) is 0 Å². The van der Waals surface area contributed by atoms with E-state index in [0.29, 0.717) is 19.4 Å². The molecular formula is C27H30N2O5. The molecule has 0 saturated heterocycles. The van der Waals surface area contributed by atoms with Gasteiger partial charge < -0.3 is 20.5 Å². The molecule has 0 aromatic heterocycles. The zero-order valence-electron chi connectivity index (χ0n) is 19.0. The number of benzene rings is 2. The van der Waals surface area contributed by atoms with Gasteiger partial charge in [0.25, 0.3) is 0 Å². The molecule has 0 unspecified atom stereocenters. The number of amides is 2. The maximum atomic E-state index is 12.5. The average molecular weight is 463 g/mol. The van der Waals surface area contributed by atoms with Crippen LogP contribution in [-0.2, 0) is 14.3 Å². The lowest BCUT2D eigenvalue weighted by atomic mass is 9.98. The van der Waals surface area contributed by atoms with E-state index >= 15 is 0 Å². The number of ether oxygens (including phenoxy) is 1. The Hall–Kier alpha value is -3.35. The molecule has 34 heavy (non-hydrogen) atoms. The molecule has 2 saturated carbocycles. The second-order valence-corrected chi connectivity index (χ2v) is 9.79. The van der Waals surface area contributed by atoms with E-state index < -0.39 is 12.1 Å². The molecule has 7 heteroatoms. The first-order valence-electron chi connectivity index (χ1n) is 12.1. The van der Waals surface area contributed by atoms with Gasteiger partial charge in [0, 0.05) is 24.9 Å². The van der Waals surface area contributed by atoms with Crippen molar-refractivity contribution in [2.45, 2.75) is 44.1 Å². The fraction of sp³-hybridized carbons (Fsp3) is 0.444. The van der Waals surface area contributed by atoms with E-state index in [0.717, 1.165) is 19.3 Å². The van der Waals surface area contributed by atoms with Gasteiger partial charge in [-0.1, -0.05) is 48.5 Å². The molecule has 4 atom stereocenters. The predicted octanol–water partition coefficient (Wildman–Crippen LogP) is 3.92. The van der Waals surface area contributed by atoms with E-state index in [9.17, 15) is 14.4 Å². The summed E-state index contributed by atoms with van der Waals surface area (Å²) in [5, 5.41) is 14.8. The van der Waals surface area contributed by atoms with Crippen LogP contribution in [0.1, 0.15) is 49.1 Å². The number of alkyl carbamates (subject to hydrolysis) is 1. The maximum Gasteiger partial charge on any atom is 0.407 e. The Kier molecular flexibility index (Phi) is 6.26. The van der Waals surface area contributed by atoms with E-state index in [2.05, 4.69) is 34.9 Å². The number of carboxylic acid groups (broad SMARTS) is 1. The molecule has 2 aromatic rings. The number of fused-ring (bicyclic) bond motifs is 3. The summed E-state index contributed by atoms with van der Waals surface area (Å²) in [6.07, 6.45) is 3.09. The first-order chi connectivity index (χ1) is 16.5. The molecule has 0 bridgehead atoms. The van der Waals surface area contributed by atoms with Crippen LogP contribution in [0, 0.1) is 17.8 Å². The minimum atomic E-state index is -0.780. The topological polar surface area (TPSA) is 105 Å². The molecule has 2 amide bonds. The van der Waals surface area contributed by atoms with Crippen molar-refractivity contribution in [3.8, 4) is 11.1 Å². The van der Waals surface area contributed by atoms with Crippen molar-refractivity contribution in [1.29, 1.82) is 0 Å². The second-order valence-electron chi connectivity index (χ2n) is 9.79. The van der Waals surface area contributed by atoms with Crippen LogP contribution in [0.15, 0.2) is 48.5 Å². The monoisotopic (exact) mass is 462 g/mol. The number of hydrogen-bond acceptors (Lipinski definition) is 4. The SMILES string of the molecule is O=C(C[C@@H]1CC[C@H](NC(=O)OCC2c3ccccc3-c3ccccc32)C1)NC[C@H]1C[C@H]1C(=O)O. The van der Waals surface area contributed by atoms with Crippen molar-refractivity contribution in [2.24, 2.45) is 17.8 Å². The predicted molar refractivity (Wildman–Crippen MR) is 126 cm³/mol. The summed E-state index contributed by atoms with van der Waals surface area (Å²) in [6, 6.07) is 16.5. The van der Waals surface area contributed by atoms with Crippen molar-refractivity contribution < 1.29 is 24.2 Å². The van der Waals surface area contributed by atoms with Crippen LogP contribution in [-0.4, -0.2) is 42.3 Å². The van der Waals surface area contributed by atoms with Crippen molar-refractivity contribution >= 4 is 18.0 Å². The van der Waals surface area contributed by atoms with Gasteiger partial charge in [0.2, 0.25) is 5.91 Å². The first-order valence-corrected chi connectivity index (χ1v) is 12.1. The van der Waals surface area contributed by atoms with E-state index in [1.165, 1.54) is 22.3 Å². The number of rotatable bonds is 8. The second kappa shape index (κ2) is 9.49. The van der Waals surface area contributed by atoms with Gasteiger partial charge in [-0.25, -0.2) is 4.79 Å². The summed E-state index contributed by atoms with van der Waals surface area (Å²) in [6.45, 7) is 0.723. The Bertz CT molecular complexity index is 1050. The average Bonchev–Trinajstić information content (AvgIpc) is 3.39. The zero-order chi connectivity index (χ0) is 23.7. The lowest BCUT2D eigenvalue weighted by Crippen LogP contribution is -2.34. The van der Waals surface area contributed by atoms with Crippen LogP contribution >= 0.6 is 0 Å². The van der Waals surface area contributed by atoms with Gasteiger partial charge in [-0.2, -0.15) is 0 Å². The third-order valence-electron chi connectivity index (χ3n) is 7.48. The van der Waals surface area contributed by atoms with E-state index in [-0.39, 0.29) is 42.2 Å². The lowest BCUT2D eigenvalue weighted by molar-refractivity contribution is -0.139. The zero-order valence-corrected chi connectivity index (χ0v) is 19.0. The molecule has 3 aliphatic carbocycles. The highest BCUT2D eigenvalue weighted by Gasteiger charge is 2.43. The Labute approximate surface area is 198 Å². The van der Waals surface area contributed by atoms with Crippen LogP contribution in [0.4, 0.5) is 4.79 Å². The quantitative estimate of drug-likeness (QED) is 0.552. The summed E-state index contributed by atoms with van der Waals surface area (Å²) >= 11 is 0. The molecule has 5 rings (SSSR count). The number of carbonyl (C=O) groups excluding carboxylic acids is 2. The molecule has 0 heterocycles. The summed E-state index contributed by atoms with van der Waals surface area (Å²) < 4.78 is 5.64. The van der Waals surface area contributed by atoms with Gasteiger partial charge in [-0.15, -0.1) is 0 Å². The summed E-state index contributed by atoms with van der Waals surface area (Å²) in [4.78, 5) is 35.6. The summed E-state index contributed by atoms with van der Waals surface area (Å²) in [5.41, 5.74) is 4.77. The molecule has 7 nitrogen and oxygen atoms in total. The standard InChI is InChI=1S/C27H30N2O5/c30-25(28-14-17-13-23(17)26(31)32)12-16-9-10-18(11-16)29-27(33)34-15-24-21-7-3-1-5-19(21)20-6-2-4-8-22(20)24/h1-8,16-18,23-24H,9-15H2,(H,28,30)(H,29,33)(H,31,32)/t16-,17-,18+,23-/m1/s1. The number of hydrogen-bond donors (Lipinski definition) is 3. The maximum absolute atomic E-state index is 12.5. The normalized spacial score (nSPS) is 24.7. The Morgan fingerprint density at radius 3 is 2.26 bits per heavy atom. The number of carbonyl (C=O) groups is 3. The molecule has 0 aliphatic heterocycles. The first kappa shape index (κ1) is 22.4. The van der Waals surface area contributed by atoms with Crippen molar-refractivity contribution in [3.05, 3.63) is 59.7 Å². The van der Waals surface area contributed by atoms with Gasteiger partial charge >= 0.3 is 12.1 Å². The molecule has 2 aromatic carbocycles. The van der Waals surface area contributed by atoms with Crippen LogP contribution in [0.25, 0.3) is 11.1 Å². The summed E-state index contributed by atoms with van der Waals surface area (Å²) in [5.74, 6) is -0.815. The fourth-order valence-corrected chi connectivity index (χ4v) is 5.55. The lowest BCUT2D eigenvalue weighted by Gasteiger charge is -2.17. The van der Waals surface area contributed by atoms with E-state index in [1.54, 1.807) is 0 Å². The van der Waals surface area contributed by atoms with Crippen LogP contribution in [0.5, 0.6) is 0 Å². The van der Waals surface area contributed by atoms with Crippen molar-refractivity contribution in [1.82, 2.24) is 10.6 Å². The molecule has 0 radical (unpaired) electrons. The molecule has 3 aliphatic rings. The van der Waals surface area contributed by atoms with Crippen LogP contribution < -0.4 is 10.6 Å². The van der Waals surface area contributed by atoms with Gasteiger partial charge in [0.05, 0.1) is 5.92 Å². The highest BCUT2D eigenvalue weighted by molar-refractivity contribution is 5.79. The fourth-order valence-electron chi connectivity index (χ4n) is 5.55. The van der Waals surface area contributed by atoms with E-state index in [4.69, 9.17) is 9.84 Å². The third-order valence-corrected chi connectivity index (χ3v) is 7.48. The number of aliphatic carboxylic acids is 1. The molecule has 2 fully saturated rings. The van der Waals surface area contributed by atoms with E-state index in [1.807, 2.05) is 24.3 Å². The minimum Gasteiger partial charge on any atom is -0.481 e. The summed E-state index contributed by atoms with van der Waals surface area (Å²) in [7, 11) is 0.